The molecule has 1 aliphatic heterocycles. The largest absolute Gasteiger partial charge is 0.481 e. The van der Waals surface area contributed by atoms with E-state index in [9.17, 15) is 9.59 Å². The van der Waals surface area contributed by atoms with Crippen LogP contribution in [0.3, 0.4) is 0 Å². The Bertz CT molecular complexity index is 799. The van der Waals surface area contributed by atoms with Gasteiger partial charge >= 0.3 is 5.97 Å². The molecule has 132 valence electrons. The topological polar surface area (TPSA) is 84.7 Å². The molecule has 1 aliphatic rings. The lowest BCUT2D eigenvalue weighted by atomic mass is 10.1. The maximum absolute atomic E-state index is 13.0. The average Bonchev–Trinajstić information content (AvgIpc) is 2.96. The summed E-state index contributed by atoms with van der Waals surface area (Å²) in [6.45, 7) is 4.86. The molecular formula is C18H21N3O4. The quantitative estimate of drug-likeness (QED) is 0.915. The zero-order chi connectivity index (χ0) is 18.0. The lowest BCUT2D eigenvalue weighted by Crippen LogP contribution is -2.49. The van der Waals surface area contributed by atoms with E-state index in [1.54, 1.807) is 15.8 Å². The van der Waals surface area contributed by atoms with Crippen LogP contribution >= 0.6 is 0 Å². The smallest absolute Gasteiger partial charge is 0.305 e. The zero-order valence-corrected chi connectivity index (χ0v) is 14.3. The number of morpholine rings is 1. The van der Waals surface area contributed by atoms with E-state index in [1.165, 1.54) is 0 Å². The number of aromatic nitrogens is 2. The van der Waals surface area contributed by atoms with Gasteiger partial charge in [0, 0.05) is 6.54 Å². The van der Waals surface area contributed by atoms with Crippen molar-refractivity contribution in [3.8, 4) is 5.69 Å². The predicted molar refractivity (Wildman–Crippen MR) is 90.9 cm³/mol. The summed E-state index contributed by atoms with van der Waals surface area (Å²) in [4.78, 5) is 25.6. The molecule has 2 aromatic rings. The summed E-state index contributed by atoms with van der Waals surface area (Å²) in [6, 6.07) is 7.36. The van der Waals surface area contributed by atoms with Crippen molar-refractivity contribution in [2.24, 2.45) is 0 Å². The van der Waals surface area contributed by atoms with Crippen LogP contribution in [0.4, 0.5) is 0 Å². The van der Waals surface area contributed by atoms with Gasteiger partial charge in [0.15, 0.2) is 0 Å². The fourth-order valence-corrected chi connectivity index (χ4v) is 3.11. The van der Waals surface area contributed by atoms with Gasteiger partial charge in [0.1, 0.15) is 0 Å². The van der Waals surface area contributed by atoms with Gasteiger partial charge in [0.25, 0.3) is 5.91 Å². The Hall–Kier alpha value is -2.67. The van der Waals surface area contributed by atoms with Gasteiger partial charge in [0.05, 0.1) is 48.8 Å². The van der Waals surface area contributed by atoms with Crippen molar-refractivity contribution < 1.29 is 19.4 Å². The number of hydrogen-bond donors (Lipinski definition) is 1. The molecule has 1 atom stereocenters. The lowest BCUT2D eigenvalue weighted by molar-refractivity contribution is -0.139. The van der Waals surface area contributed by atoms with Crippen molar-refractivity contribution in [1.82, 2.24) is 14.7 Å². The SMILES string of the molecule is Cc1ccccc1-n1ncc(C(=O)N2CCOCC2CC(=O)O)c1C. The van der Waals surface area contributed by atoms with Crippen molar-refractivity contribution in [3.05, 3.63) is 47.3 Å². The summed E-state index contributed by atoms with van der Waals surface area (Å²) in [6.07, 6.45) is 1.42. The molecule has 1 fully saturated rings. The van der Waals surface area contributed by atoms with E-state index >= 15 is 0 Å². The summed E-state index contributed by atoms with van der Waals surface area (Å²) in [5.74, 6) is -1.15. The van der Waals surface area contributed by atoms with Gasteiger partial charge in [-0.2, -0.15) is 5.10 Å². The van der Waals surface area contributed by atoms with Crippen LogP contribution in [0.2, 0.25) is 0 Å². The third-order valence-corrected chi connectivity index (χ3v) is 4.48. The highest BCUT2D eigenvalue weighted by Gasteiger charge is 2.31. The van der Waals surface area contributed by atoms with Crippen molar-refractivity contribution in [1.29, 1.82) is 0 Å². The second-order valence-corrected chi connectivity index (χ2v) is 6.17. The molecule has 1 unspecified atom stereocenters. The third kappa shape index (κ3) is 3.41. The minimum atomic E-state index is -0.944. The third-order valence-electron chi connectivity index (χ3n) is 4.48. The maximum atomic E-state index is 13.0. The van der Waals surface area contributed by atoms with Crippen molar-refractivity contribution in [2.45, 2.75) is 26.3 Å². The van der Waals surface area contributed by atoms with Crippen LogP contribution in [0.5, 0.6) is 0 Å². The highest BCUT2D eigenvalue weighted by molar-refractivity contribution is 5.95. The molecule has 0 spiro atoms. The molecule has 2 heterocycles. The molecule has 0 radical (unpaired) electrons. The minimum Gasteiger partial charge on any atom is -0.481 e. The number of nitrogens with zero attached hydrogens (tertiary/aromatic N) is 3. The summed E-state index contributed by atoms with van der Waals surface area (Å²) in [5, 5.41) is 13.4. The molecule has 1 aromatic carbocycles. The molecule has 1 aromatic heterocycles. The Labute approximate surface area is 145 Å². The first-order valence-corrected chi connectivity index (χ1v) is 8.20. The van der Waals surface area contributed by atoms with E-state index in [1.807, 2.05) is 38.1 Å². The number of carbonyl (C=O) groups is 2. The van der Waals surface area contributed by atoms with Gasteiger partial charge in [-0.3, -0.25) is 9.59 Å². The van der Waals surface area contributed by atoms with Gasteiger partial charge in [-0.25, -0.2) is 4.68 Å². The molecule has 7 heteroatoms. The number of ether oxygens (including phenoxy) is 1. The highest BCUT2D eigenvalue weighted by atomic mass is 16.5. The van der Waals surface area contributed by atoms with E-state index in [-0.39, 0.29) is 18.9 Å². The minimum absolute atomic E-state index is 0.128. The molecule has 1 N–H and O–H groups in total. The van der Waals surface area contributed by atoms with Gasteiger partial charge in [-0.1, -0.05) is 18.2 Å². The summed E-state index contributed by atoms with van der Waals surface area (Å²) in [7, 11) is 0. The fraction of sp³-hybridized carbons (Fsp3) is 0.389. The average molecular weight is 343 g/mol. The number of rotatable bonds is 4. The summed E-state index contributed by atoms with van der Waals surface area (Å²) in [5.41, 5.74) is 3.20. The number of carboxylic acids is 1. The fourth-order valence-electron chi connectivity index (χ4n) is 3.11. The molecule has 3 rings (SSSR count). The van der Waals surface area contributed by atoms with Gasteiger partial charge in [-0.15, -0.1) is 0 Å². The number of carboxylic acid groups (broad SMARTS) is 1. The van der Waals surface area contributed by atoms with Crippen molar-refractivity contribution in [2.75, 3.05) is 19.8 Å². The van der Waals surface area contributed by atoms with Gasteiger partial charge in [0.2, 0.25) is 0 Å². The van der Waals surface area contributed by atoms with Gasteiger partial charge in [-0.05, 0) is 25.5 Å². The molecule has 0 saturated carbocycles. The van der Waals surface area contributed by atoms with Crippen LogP contribution in [0.15, 0.2) is 30.5 Å². The number of benzene rings is 1. The molecule has 0 aliphatic carbocycles. The summed E-state index contributed by atoms with van der Waals surface area (Å²) < 4.78 is 7.09. The zero-order valence-electron chi connectivity index (χ0n) is 14.3. The number of carbonyl (C=O) groups excluding carboxylic acids is 1. The Morgan fingerprint density at radius 2 is 2.08 bits per heavy atom. The van der Waals surface area contributed by atoms with E-state index in [0.717, 1.165) is 16.9 Å². The lowest BCUT2D eigenvalue weighted by Gasteiger charge is -2.34. The van der Waals surface area contributed by atoms with E-state index < -0.39 is 12.0 Å². The first-order valence-electron chi connectivity index (χ1n) is 8.20. The second kappa shape index (κ2) is 7.06. The van der Waals surface area contributed by atoms with E-state index in [2.05, 4.69) is 5.10 Å². The summed E-state index contributed by atoms with van der Waals surface area (Å²) >= 11 is 0. The Balaban J connectivity index is 1.90. The molecule has 7 nitrogen and oxygen atoms in total. The molecule has 25 heavy (non-hydrogen) atoms. The first kappa shape index (κ1) is 17.2. The van der Waals surface area contributed by atoms with Crippen LogP contribution in [0.25, 0.3) is 5.69 Å². The number of aliphatic carboxylic acids is 1. The monoisotopic (exact) mass is 343 g/mol. The Kier molecular flexibility index (Phi) is 4.85. The van der Waals surface area contributed by atoms with Crippen molar-refractivity contribution in [3.63, 3.8) is 0 Å². The van der Waals surface area contributed by atoms with Crippen LogP contribution in [-0.2, 0) is 9.53 Å². The van der Waals surface area contributed by atoms with Crippen LogP contribution in [0.1, 0.15) is 28.0 Å². The Morgan fingerprint density at radius 3 is 2.80 bits per heavy atom. The van der Waals surface area contributed by atoms with Crippen LogP contribution in [-0.4, -0.2) is 57.5 Å². The Morgan fingerprint density at radius 1 is 1.32 bits per heavy atom. The normalized spacial score (nSPS) is 17.5. The molecule has 0 bridgehead atoms. The van der Waals surface area contributed by atoms with Crippen LogP contribution in [0, 0.1) is 13.8 Å². The first-order chi connectivity index (χ1) is 12.0. The van der Waals surface area contributed by atoms with E-state index in [0.29, 0.717) is 18.7 Å². The molecule has 1 amide bonds. The second-order valence-electron chi connectivity index (χ2n) is 6.17. The predicted octanol–water partition coefficient (Wildman–Crippen LogP) is 1.80. The number of aryl methyl sites for hydroxylation is 1. The molecular weight excluding hydrogens is 322 g/mol. The van der Waals surface area contributed by atoms with E-state index in [4.69, 9.17) is 9.84 Å². The maximum Gasteiger partial charge on any atom is 0.305 e. The number of hydrogen-bond acceptors (Lipinski definition) is 4. The van der Waals surface area contributed by atoms with Crippen molar-refractivity contribution >= 4 is 11.9 Å². The van der Waals surface area contributed by atoms with Gasteiger partial charge < -0.3 is 14.7 Å². The molecule has 1 saturated heterocycles. The number of amides is 1. The standard InChI is InChI=1S/C18H21N3O4/c1-12-5-3-4-6-16(12)21-13(2)15(10-19-21)18(24)20-7-8-25-11-14(20)9-17(22)23/h3-6,10,14H,7-9,11H2,1-2H3,(H,22,23). The van der Waals surface area contributed by atoms with Crippen LogP contribution < -0.4 is 0 Å². The number of para-hydroxylation sites is 1. The highest BCUT2D eigenvalue weighted by Crippen LogP contribution is 2.21.